The molecule has 0 saturated heterocycles. The van der Waals surface area contributed by atoms with E-state index in [1.807, 2.05) is 0 Å². The normalized spacial score (nSPS) is 15.1. The summed E-state index contributed by atoms with van der Waals surface area (Å²) < 4.78 is 33.6. The maximum Gasteiger partial charge on any atom is 0.257 e. The average Bonchev–Trinajstić information content (AvgIpc) is 2.68. The number of halogens is 2. The first kappa shape index (κ1) is 21.9. The van der Waals surface area contributed by atoms with Crippen LogP contribution in [0.5, 0.6) is 5.75 Å². The number of carbonyl (C=O) groups excluding carboxylic acids is 1. The SMILES string of the molecule is COc1ccc(S(=O)(=O)NC2CCCCC2)cc1NC(=O)c1ccc(Cl)cc1Cl. The summed E-state index contributed by atoms with van der Waals surface area (Å²) >= 11 is 12.0. The third kappa shape index (κ3) is 5.42. The molecule has 3 rings (SSSR count). The van der Waals surface area contributed by atoms with Gasteiger partial charge in [-0.25, -0.2) is 13.1 Å². The molecule has 1 amide bonds. The van der Waals surface area contributed by atoms with Crippen molar-refractivity contribution in [3.8, 4) is 5.75 Å². The topological polar surface area (TPSA) is 84.5 Å². The predicted molar refractivity (Wildman–Crippen MR) is 115 cm³/mol. The van der Waals surface area contributed by atoms with Gasteiger partial charge in [0, 0.05) is 11.1 Å². The van der Waals surface area contributed by atoms with Crippen LogP contribution in [0.2, 0.25) is 10.0 Å². The van der Waals surface area contributed by atoms with E-state index in [9.17, 15) is 13.2 Å². The maximum atomic E-state index is 12.8. The van der Waals surface area contributed by atoms with E-state index >= 15 is 0 Å². The second-order valence-electron chi connectivity index (χ2n) is 6.90. The smallest absolute Gasteiger partial charge is 0.257 e. The van der Waals surface area contributed by atoms with Crippen molar-refractivity contribution >= 4 is 44.8 Å². The average molecular weight is 457 g/mol. The molecule has 2 aromatic rings. The molecule has 0 aromatic heterocycles. The van der Waals surface area contributed by atoms with Gasteiger partial charge in [-0.2, -0.15) is 0 Å². The molecule has 1 fully saturated rings. The molecular formula is C20H22Cl2N2O4S. The number of rotatable bonds is 6. The van der Waals surface area contributed by atoms with Gasteiger partial charge in [0.2, 0.25) is 10.0 Å². The molecule has 0 aliphatic heterocycles. The third-order valence-electron chi connectivity index (χ3n) is 4.83. The number of sulfonamides is 1. The van der Waals surface area contributed by atoms with E-state index < -0.39 is 15.9 Å². The quantitative estimate of drug-likeness (QED) is 0.649. The summed E-state index contributed by atoms with van der Waals surface area (Å²) in [5.41, 5.74) is 0.446. The number of anilines is 1. The Morgan fingerprint density at radius 2 is 1.79 bits per heavy atom. The standard InChI is InChI=1S/C20H22Cl2N2O4S/c1-28-19-10-8-15(29(26,27)24-14-5-3-2-4-6-14)12-18(19)23-20(25)16-9-7-13(21)11-17(16)22/h7-12,14,24H,2-6H2,1H3,(H,23,25). The number of amides is 1. The molecule has 2 aromatic carbocycles. The molecule has 6 nitrogen and oxygen atoms in total. The van der Waals surface area contributed by atoms with E-state index in [1.54, 1.807) is 6.07 Å². The van der Waals surface area contributed by atoms with Gasteiger partial charge < -0.3 is 10.1 Å². The zero-order valence-corrected chi connectivity index (χ0v) is 18.2. The number of methoxy groups -OCH3 is 1. The van der Waals surface area contributed by atoms with E-state index in [0.717, 1.165) is 32.1 Å². The lowest BCUT2D eigenvalue weighted by atomic mass is 9.96. The fourth-order valence-corrected chi connectivity index (χ4v) is 5.15. The lowest BCUT2D eigenvalue weighted by Gasteiger charge is -2.23. The minimum Gasteiger partial charge on any atom is -0.495 e. The summed E-state index contributed by atoms with van der Waals surface area (Å²) in [6.07, 6.45) is 4.81. The van der Waals surface area contributed by atoms with E-state index in [2.05, 4.69) is 10.0 Å². The molecule has 0 bridgehead atoms. The van der Waals surface area contributed by atoms with Crippen LogP contribution in [-0.4, -0.2) is 27.5 Å². The minimum absolute atomic E-state index is 0.0568. The van der Waals surface area contributed by atoms with Crippen LogP contribution in [0, 0.1) is 0 Å². The Bertz CT molecular complexity index is 1010. The summed E-state index contributed by atoms with van der Waals surface area (Å²) in [4.78, 5) is 12.7. The second kappa shape index (κ2) is 9.34. The molecule has 9 heteroatoms. The fourth-order valence-electron chi connectivity index (χ4n) is 3.32. The zero-order chi connectivity index (χ0) is 21.0. The van der Waals surface area contributed by atoms with E-state index in [-0.39, 0.29) is 27.2 Å². The Labute approximate surface area is 180 Å². The van der Waals surface area contributed by atoms with E-state index in [0.29, 0.717) is 10.8 Å². The molecule has 0 unspecified atom stereocenters. The highest BCUT2D eigenvalue weighted by molar-refractivity contribution is 7.89. The second-order valence-corrected chi connectivity index (χ2v) is 9.45. The van der Waals surface area contributed by atoms with Gasteiger partial charge >= 0.3 is 0 Å². The molecule has 0 radical (unpaired) electrons. The Morgan fingerprint density at radius 3 is 2.45 bits per heavy atom. The number of nitrogens with one attached hydrogen (secondary N) is 2. The van der Waals surface area contributed by atoms with Crippen LogP contribution < -0.4 is 14.8 Å². The third-order valence-corrected chi connectivity index (χ3v) is 6.90. The maximum absolute atomic E-state index is 12.8. The Kier molecular flexibility index (Phi) is 7.05. The van der Waals surface area contributed by atoms with Gasteiger partial charge in [0.15, 0.2) is 0 Å². The van der Waals surface area contributed by atoms with Crippen molar-refractivity contribution < 1.29 is 17.9 Å². The van der Waals surface area contributed by atoms with Gasteiger partial charge in [-0.3, -0.25) is 4.79 Å². The van der Waals surface area contributed by atoms with Crippen molar-refractivity contribution in [3.05, 3.63) is 52.0 Å². The summed E-state index contributed by atoms with van der Waals surface area (Å²) in [6.45, 7) is 0. The first-order valence-electron chi connectivity index (χ1n) is 9.27. The molecule has 1 aliphatic carbocycles. The Balaban J connectivity index is 1.85. The van der Waals surface area contributed by atoms with Crippen molar-refractivity contribution in [3.63, 3.8) is 0 Å². The molecule has 1 saturated carbocycles. The molecule has 0 heterocycles. The summed E-state index contributed by atoms with van der Waals surface area (Å²) in [6, 6.07) is 8.79. The Hall–Kier alpha value is -1.80. The summed E-state index contributed by atoms with van der Waals surface area (Å²) in [5, 5.41) is 3.27. The molecule has 0 spiro atoms. The number of carbonyl (C=O) groups is 1. The molecular weight excluding hydrogens is 435 g/mol. The van der Waals surface area contributed by atoms with Crippen LogP contribution in [0.4, 0.5) is 5.69 Å². The predicted octanol–water partition coefficient (Wildman–Crippen LogP) is 4.87. The van der Waals surface area contributed by atoms with Crippen molar-refractivity contribution in [1.82, 2.24) is 4.72 Å². The summed E-state index contributed by atoms with van der Waals surface area (Å²) in [7, 11) is -2.28. The fraction of sp³-hybridized carbons (Fsp3) is 0.350. The van der Waals surface area contributed by atoms with Gasteiger partial charge in [-0.1, -0.05) is 42.5 Å². The van der Waals surface area contributed by atoms with E-state index in [4.69, 9.17) is 27.9 Å². The van der Waals surface area contributed by atoms with Crippen molar-refractivity contribution in [2.24, 2.45) is 0 Å². The lowest BCUT2D eigenvalue weighted by Crippen LogP contribution is -2.36. The van der Waals surface area contributed by atoms with Crippen LogP contribution in [0.1, 0.15) is 42.5 Å². The monoisotopic (exact) mass is 456 g/mol. The minimum atomic E-state index is -3.72. The van der Waals surface area contributed by atoms with Crippen LogP contribution in [0.15, 0.2) is 41.3 Å². The van der Waals surface area contributed by atoms with Gasteiger partial charge in [-0.05, 0) is 49.2 Å². The number of benzene rings is 2. The first-order chi connectivity index (χ1) is 13.8. The highest BCUT2D eigenvalue weighted by atomic mass is 35.5. The van der Waals surface area contributed by atoms with E-state index in [1.165, 1.54) is 37.4 Å². The molecule has 0 atom stereocenters. The van der Waals surface area contributed by atoms with Gasteiger partial charge in [0.05, 0.1) is 28.3 Å². The van der Waals surface area contributed by atoms with Gasteiger partial charge in [0.1, 0.15) is 5.75 Å². The van der Waals surface area contributed by atoms with Gasteiger partial charge in [0.25, 0.3) is 5.91 Å². The van der Waals surface area contributed by atoms with Crippen molar-refractivity contribution in [2.75, 3.05) is 12.4 Å². The largest absolute Gasteiger partial charge is 0.495 e. The highest BCUT2D eigenvalue weighted by Gasteiger charge is 2.23. The van der Waals surface area contributed by atoms with Crippen LogP contribution in [-0.2, 0) is 10.0 Å². The number of ether oxygens (including phenoxy) is 1. The lowest BCUT2D eigenvalue weighted by molar-refractivity contribution is 0.102. The summed E-state index contributed by atoms with van der Waals surface area (Å²) in [5.74, 6) is -0.167. The number of hydrogen-bond acceptors (Lipinski definition) is 4. The first-order valence-corrected chi connectivity index (χ1v) is 11.5. The van der Waals surface area contributed by atoms with Crippen LogP contribution in [0.25, 0.3) is 0 Å². The van der Waals surface area contributed by atoms with Gasteiger partial charge in [-0.15, -0.1) is 0 Å². The molecule has 1 aliphatic rings. The van der Waals surface area contributed by atoms with Crippen molar-refractivity contribution in [2.45, 2.75) is 43.0 Å². The molecule has 29 heavy (non-hydrogen) atoms. The zero-order valence-electron chi connectivity index (χ0n) is 15.9. The Morgan fingerprint density at radius 1 is 1.07 bits per heavy atom. The highest BCUT2D eigenvalue weighted by Crippen LogP contribution is 2.30. The van der Waals surface area contributed by atoms with Crippen LogP contribution in [0.3, 0.4) is 0 Å². The molecule has 156 valence electrons. The molecule has 2 N–H and O–H groups in total. The number of hydrogen-bond donors (Lipinski definition) is 2. The van der Waals surface area contributed by atoms with Crippen molar-refractivity contribution in [1.29, 1.82) is 0 Å². The van der Waals surface area contributed by atoms with Crippen LogP contribution >= 0.6 is 23.2 Å².